The molecule has 2 aromatic carbocycles. The molecule has 0 spiro atoms. The summed E-state index contributed by atoms with van der Waals surface area (Å²) in [6, 6.07) is 6.49. The summed E-state index contributed by atoms with van der Waals surface area (Å²) in [5.41, 5.74) is 5.26. The SMILES string of the molecule is NC(=O)c1cc(NCc2ccc(Cl)cc2Cl)c(F)cc1F. The lowest BCUT2D eigenvalue weighted by Gasteiger charge is -2.11. The van der Waals surface area contributed by atoms with Crippen molar-refractivity contribution >= 4 is 34.8 Å². The van der Waals surface area contributed by atoms with Gasteiger partial charge in [-0.25, -0.2) is 8.78 Å². The smallest absolute Gasteiger partial charge is 0.251 e. The maximum absolute atomic E-state index is 13.7. The summed E-state index contributed by atoms with van der Waals surface area (Å²) >= 11 is 11.8. The molecule has 0 unspecified atom stereocenters. The van der Waals surface area contributed by atoms with Gasteiger partial charge in [-0.2, -0.15) is 0 Å². The molecule has 110 valence electrons. The van der Waals surface area contributed by atoms with Gasteiger partial charge in [0.1, 0.15) is 11.6 Å². The summed E-state index contributed by atoms with van der Waals surface area (Å²) < 4.78 is 27.0. The van der Waals surface area contributed by atoms with Crippen molar-refractivity contribution in [1.29, 1.82) is 0 Å². The first-order chi connectivity index (χ1) is 9.88. The number of nitrogens with one attached hydrogen (secondary N) is 1. The van der Waals surface area contributed by atoms with Gasteiger partial charge in [0.25, 0.3) is 5.91 Å². The fourth-order valence-corrected chi connectivity index (χ4v) is 2.20. The molecular weight excluding hydrogens is 321 g/mol. The molecule has 0 saturated heterocycles. The quantitative estimate of drug-likeness (QED) is 0.890. The molecule has 0 heterocycles. The van der Waals surface area contributed by atoms with Crippen LogP contribution in [0.4, 0.5) is 14.5 Å². The first kappa shape index (κ1) is 15.5. The lowest BCUT2D eigenvalue weighted by atomic mass is 10.1. The fourth-order valence-electron chi connectivity index (χ4n) is 1.73. The Hall–Kier alpha value is -1.85. The van der Waals surface area contributed by atoms with E-state index in [1.54, 1.807) is 18.2 Å². The minimum atomic E-state index is -1.00. The zero-order valence-corrected chi connectivity index (χ0v) is 12.1. The van der Waals surface area contributed by atoms with E-state index in [0.29, 0.717) is 21.7 Å². The molecule has 0 aliphatic rings. The Bertz CT molecular complexity index is 708. The minimum absolute atomic E-state index is 0.0452. The highest BCUT2D eigenvalue weighted by atomic mass is 35.5. The van der Waals surface area contributed by atoms with E-state index in [2.05, 4.69) is 5.32 Å². The molecule has 3 nitrogen and oxygen atoms in total. The van der Waals surface area contributed by atoms with E-state index in [4.69, 9.17) is 28.9 Å². The highest BCUT2D eigenvalue weighted by Gasteiger charge is 2.14. The summed E-state index contributed by atoms with van der Waals surface area (Å²) in [4.78, 5) is 11.0. The normalized spacial score (nSPS) is 10.5. The van der Waals surface area contributed by atoms with Gasteiger partial charge in [0, 0.05) is 22.7 Å². The second-order valence-corrected chi connectivity index (χ2v) is 5.11. The van der Waals surface area contributed by atoms with Crippen molar-refractivity contribution in [3.05, 3.63) is 63.1 Å². The molecule has 3 N–H and O–H groups in total. The molecule has 21 heavy (non-hydrogen) atoms. The molecule has 0 radical (unpaired) electrons. The van der Waals surface area contributed by atoms with Crippen LogP contribution in [0.15, 0.2) is 30.3 Å². The van der Waals surface area contributed by atoms with Crippen molar-refractivity contribution in [2.45, 2.75) is 6.54 Å². The third-order valence-corrected chi connectivity index (χ3v) is 3.39. The van der Waals surface area contributed by atoms with Crippen LogP contribution in [0.3, 0.4) is 0 Å². The van der Waals surface area contributed by atoms with Gasteiger partial charge in [0.15, 0.2) is 0 Å². The lowest BCUT2D eigenvalue weighted by Crippen LogP contribution is -2.14. The van der Waals surface area contributed by atoms with Gasteiger partial charge in [-0.05, 0) is 23.8 Å². The van der Waals surface area contributed by atoms with Crippen LogP contribution in [0.25, 0.3) is 0 Å². The van der Waals surface area contributed by atoms with Crippen molar-refractivity contribution in [1.82, 2.24) is 0 Å². The Balaban J connectivity index is 2.23. The fraction of sp³-hybridized carbons (Fsp3) is 0.0714. The zero-order chi connectivity index (χ0) is 15.6. The van der Waals surface area contributed by atoms with Gasteiger partial charge in [0.2, 0.25) is 0 Å². The number of benzene rings is 2. The second kappa shape index (κ2) is 6.28. The highest BCUT2D eigenvalue weighted by molar-refractivity contribution is 6.35. The van der Waals surface area contributed by atoms with Crippen LogP contribution in [0.5, 0.6) is 0 Å². The first-order valence-electron chi connectivity index (χ1n) is 5.85. The summed E-state index contributed by atoms with van der Waals surface area (Å²) in [5, 5.41) is 3.62. The predicted octanol–water partition coefficient (Wildman–Crippen LogP) is 3.98. The van der Waals surface area contributed by atoms with Crippen LogP contribution in [-0.4, -0.2) is 5.91 Å². The maximum Gasteiger partial charge on any atom is 0.251 e. The number of nitrogens with two attached hydrogens (primary N) is 1. The number of anilines is 1. The molecule has 0 aliphatic heterocycles. The average molecular weight is 331 g/mol. The van der Waals surface area contributed by atoms with Gasteiger partial charge in [0.05, 0.1) is 11.3 Å². The Kier molecular flexibility index (Phi) is 4.65. The summed E-state index contributed by atoms with van der Waals surface area (Å²) in [7, 11) is 0. The summed E-state index contributed by atoms with van der Waals surface area (Å²) in [6.45, 7) is 0.177. The van der Waals surface area contributed by atoms with Gasteiger partial charge in [-0.15, -0.1) is 0 Å². The van der Waals surface area contributed by atoms with Crippen LogP contribution in [0.2, 0.25) is 10.0 Å². The third-order valence-electron chi connectivity index (χ3n) is 2.81. The van der Waals surface area contributed by atoms with Crippen molar-refractivity contribution < 1.29 is 13.6 Å². The van der Waals surface area contributed by atoms with Crippen molar-refractivity contribution in [2.24, 2.45) is 5.73 Å². The topological polar surface area (TPSA) is 55.1 Å². The van der Waals surface area contributed by atoms with Crippen LogP contribution in [0.1, 0.15) is 15.9 Å². The van der Waals surface area contributed by atoms with E-state index in [-0.39, 0.29) is 17.8 Å². The van der Waals surface area contributed by atoms with E-state index >= 15 is 0 Å². The molecule has 2 aromatic rings. The molecular formula is C14H10Cl2F2N2O. The van der Waals surface area contributed by atoms with Crippen LogP contribution >= 0.6 is 23.2 Å². The molecule has 0 saturated carbocycles. The molecule has 0 aromatic heterocycles. The summed E-state index contributed by atoms with van der Waals surface area (Å²) in [6.07, 6.45) is 0. The largest absolute Gasteiger partial charge is 0.379 e. The van der Waals surface area contributed by atoms with Gasteiger partial charge in [-0.3, -0.25) is 4.79 Å². The number of hydrogen-bond donors (Lipinski definition) is 2. The Morgan fingerprint density at radius 2 is 1.86 bits per heavy atom. The Labute approximate surface area is 129 Å². The highest BCUT2D eigenvalue weighted by Crippen LogP contribution is 2.24. The number of primary amides is 1. The third kappa shape index (κ3) is 3.62. The van der Waals surface area contributed by atoms with E-state index in [1.165, 1.54) is 0 Å². The molecule has 0 bridgehead atoms. The van der Waals surface area contributed by atoms with E-state index in [1.807, 2.05) is 0 Å². The van der Waals surface area contributed by atoms with Crippen LogP contribution in [-0.2, 0) is 6.54 Å². The van der Waals surface area contributed by atoms with Crippen molar-refractivity contribution in [3.8, 4) is 0 Å². The Morgan fingerprint density at radius 3 is 2.48 bits per heavy atom. The monoisotopic (exact) mass is 330 g/mol. The zero-order valence-electron chi connectivity index (χ0n) is 10.6. The number of rotatable bonds is 4. The lowest BCUT2D eigenvalue weighted by molar-refractivity contribution is 0.0996. The maximum atomic E-state index is 13.7. The Morgan fingerprint density at radius 1 is 1.14 bits per heavy atom. The number of carbonyl (C=O) groups is 1. The number of halogens is 4. The van der Waals surface area contributed by atoms with Crippen LogP contribution < -0.4 is 11.1 Å². The van der Waals surface area contributed by atoms with Gasteiger partial charge >= 0.3 is 0 Å². The number of amides is 1. The molecule has 0 fully saturated rings. The standard InChI is InChI=1S/C14H10Cl2F2N2O/c15-8-2-1-7(10(16)3-8)6-20-13-4-9(14(19)21)11(17)5-12(13)18/h1-5,20H,6H2,(H2,19,21). The van der Waals surface area contributed by atoms with Crippen molar-refractivity contribution in [3.63, 3.8) is 0 Å². The van der Waals surface area contributed by atoms with Gasteiger partial charge < -0.3 is 11.1 Å². The van der Waals surface area contributed by atoms with Gasteiger partial charge in [-0.1, -0.05) is 29.3 Å². The number of hydrogen-bond acceptors (Lipinski definition) is 2. The van der Waals surface area contributed by atoms with Crippen molar-refractivity contribution in [2.75, 3.05) is 5.32 Å². The predicted molar refractivity (Wildman–Crippen MR) is 78.7 cm³/mol. The summed E-state index contributed by atoms with van der Waals surface area (Å²) in [5.74, 6) is -2.81. The van der Waals surface area contributed by atoms with E-state index in [9.17, 15) is 13.6 Å². The molecule has 1 amide bonds. The molecule has 0 atom stereocenters. The second-order valence-electron chi connectivity index (χ2n) is 4.27. The molecule has 2 rings (SSSR count). The minimum Gasteiger partial charge on any atom is -0.379 e. The number of carbonyl (C=O) groups excluding carboxylic acids is 1. The van der Waals surface area contributed by atoms with E-state index in [0.717, 1.165) is 6.07 Å². The molecule has 0 aliphatic carbocycles. The van der Waals surface area contributed by atoms with E-state index < -0.39 is 17.5 Å². The average Bonchev–Trinajstić information content (AvgIpc) is 2.39. The first-order valence-corrected chi connectivity index (χ1v) is 6.60. The van der Waals surface area contributed by atoms with Crippen LogP contribution in [0, 0.1) is 11.6 Å². The molecule has 7 heteroatoms.